The average Bonchev–Trinajstić information content (AvgIpc) is 1.62. The monoisotopic (exact) mass is 2100 g/mol. The highest BCUT2D eigenvalue weighted by molar-refractivity contribution is 15.0. The second-order valence-electron chi connectivity index (χ2n) is 25.9. The van der Waals surface area contributed by atoms with Crippen LogP contribution in [0.15, 0.2) is 284 Å². The highest BCUT2D eigenvalue weighted by atomic mass is 128. The molecule has 0 aromatic heterocycles. The number of alkyl halides is 2. The van der Waals surface area contributed by atoms with Crippen LogP contribution in [0, 0.1) is 5.41 Å². The van der Waals surface area contributed by atoms with Gasteiger partial charge >= 0.3 is 41.8 Å². The summed E-state index contributed by atoms with van der Waals surface area (Å²) in [4.78, 5) is 147. The third kappa shape index (κ3) is 43.9. The summed E-state index contributed by atoms with van der Waals surface area (Å²) in [5, 5.41) is 12.6. The maximum atomic E-state index is 12.7. The van der Waals surface area contributed by atoms with E-state index >= 15 is 0 Å². The molecule has 2 aliphatic rings. The number of likely N-dealkylation sites (tertiary alicyclic amines) is 1. The van der Waals surface area contributed by atoms with E-state index in [4.69, 9.17) is 45.8 Å². The molecule has 123 heavy (non-hydrogen) atoms. The van der Waals surface area contributed by atoms with Gasteiger partial charge in [0.25, 0.3) is 5.91 Å². The van der Waals surface area contributed by atoms with E-state index in [1.807, 2.05) is 278 Å². The van der Waals surface area contributed by atoms with E-state index in [2.05, 4.69) is 85.8 Å². The average molecular weight is 2110 g/mol. The normalized spacial score (nSPS) is 12.4. The van der Waals surface area contributed by atoms with E-state index in [-0.39, 0.29) is 95.4 Å². The lowest BCUT2D eigenvalue weighted by Gasteiger charge is -2.21. The Labute approximate surface area is 768 Å². The maximum Gasteiger partial charge on any atom is 0.347 e. The second-order valence-corrected chi connectivity index (χ2v) is 26.8. The van der Waals surface area contributed by atoms with Crippen molar-refractivity contribution in [2.75, 3.05) is 56.3 Å². The number of nitrogens with two attached hydrogens (primary N) is 1. The van der Waals surface area contributed by atoms with E-state index in [1.165, 1.54) is 27.2 Å². The molecule has 2 aliphatic heterocycles. The predicted octanol–water partition coefficient (Wildman–Crippen LogP) is 15.8. The fourth-order valence-electron chi connectivity index (χ4n) is 10.6. The third-order valence-electron chi connectivity index (χ3n) is 16.7. The van der Waals surface area contributed by atoms with Crippen LogP contribution >= 0.6 is 87.4 Å². The van der Waals surface area contributed by atoms with Gasteiger partial charge in [-0.2, -0.15) is 0 Å². The highest BCUT2D eigenvalue weighted by Gasteiger charge is 2.57. The molecule has 0 radical (unpaired) electrons. The number of aliphatic hydroxyl groups excluding tert-OH is 1. The number of halogens is 5. The Hall–Kier alpha value is -10.6. The first-order valence-corrected chi connectivity index (χ1v) is 48.4. The summed E-state index contributed by atoms with van der Waals surface area (Å²) in [5.41, 5.74) is 11.7. The number of amides is 3. The van der Waals surface area contributed by atoms with Crippen LogP contribution in [-0.4, -0.2) is 147 Å². The molecule has 0 spiro atoms. The number of hydrogen-bond acceptors (Lipinski definition) is 22. The van der Waals surface area contributed by atoms with Gasteiger partial charge in [-0.05, 0) is 94.3 Å². The van der Waals surface area contributed by atoms with Gasteiger partial charge in [-0.1, -0.05) is 312 Å². The molecule has 3 amide bonds. The molecular formula is C93H102BrClI3N5O20. The van der Waals surface area contributed by atoms with Gasteiger partial charge in [-0.25, -0.2) is 4.79 Å². The fourth-order valence-corrected chi connectivity index (χ4v) is 10.9. The minimum absolute atomic E-state index is 0.0174. The van der Waals surface area contributed by atoms with Crippen LogP contribution < -0.4 is 11.1 Å². The molecule has 11 rings (SSSR count). The van der Waals surface area contributed by atoms with E-state index in [0.29, 0.717) is 44.7 Å². The van der Waals surface area contributed by atoms with Gasteiger partial charge in [-0.15, -0.1) is 0 Å². The van der Waals surface area contributed by atoms with Gasteiger partial charge < -0.3 is 64.0 Å². The fraction of sp³-hybridized carbons (Fsp3) is 0.269. The number of carbonyl (C=O) groups is 12. The van der Waals surface area contributed by atoms with Crippen molar-refractivity contribution in [1.29, 1.82) is 0 Å². The summed E-state index contributed by atoms with van der Waals surface area (Å²) in [7, 11) is 0. The summed E-state index contributed by atoms with van der Waals surface area (Å²) in [6.07, 6.45) is -0.812. The summed E-state index contributed by atoms with van der Waals surface area (Å²) < 4.78 is 34.5. The minimum atomic E-state index is -1.76. The number of nitrogens with one attached hydrogen (secondary N) is 1. The Morgan fingerprint density at radius 1 is 0.455 bits per heavy atom. The van der Waals surface area contributed by atoms with Crippen molar-refractivity contribution in [1.82, 2.24) is 20.0 Å². The van der Waals surface area contributed by atoms with Crippen LogP contribution in [0.3, 0.4) is 0 Å². The van der Waals surface area contributed by atoms with Crippen molar-refractivity contribution in [3.63, 3.8) is 0 Å². The summed E-state index contributed by atoms with van der Waals surface area (Å²) in [5.74, 6) is -5.90. The molecular weight excluding hydrogens is 2000 g/mol. The van der Waals surface area contributed by atoms with E-state index < -0.39 is 70.4 Å². The number of hydrogen-bond donors (Lipinski definition) is 3. The van der Waals surface area contributed by atoms with Crippen LogP contribution in [0.5, 0.6) is 0 Å². The number of benzene rings is 9. The molecule has 0 saturated carbocycles. The number of nitrogens with zero attached hydrogens (tertiary/aromatic N) is 3. The van der Waals surface area contributed by atoms with Gasteiger partial charge in [0.2, 0.25) is 22.5 Å². The zero-order valence-corrected chi connectivity index (χ0v) is 77.7. The molecule has 0 bridgehead atoms. The molecule has 654 valence electrons. The molecule has 9 aromatic carbocycles. The number of aliphatic hydroxyl groups is 1. The molecule has 25 nitrogen and oxygen atoms in total. The molecule has 2 heterocycles. The lowest BCUT2D eigenvalue weighted by molar-refractivity contribution is -0.163. The largest absolute Gasteiger partial charge is 0.509 e. The van der Waals surface area contributed by atoms with Gasteiger partial charge in [0.15, 0.2) is 11.4 Å². The Balaban J connectivity index is 0.000000383. The minimum Gasteiger partial charge on any atom is -0.509 e. The van der Waals surface area contributed by atoms with E-state index in [9.17, 15) is 62.6 Å². The van der Waals surface area contributed by atoms with Crippen LogP contribution in [0.1, 0.15) is 90.6 Å². The van der Waals surface area contributed by atoms with Crippen molar-refractivity contribution in [2.24, 2.45) is 11.1 Å². The summed E-state index contributed by atoms with van der Waals surface area (Å²) in [6.45, 7) is 10.3. The molecule has 1 fully saturated rings. The first kappa shape index (κ1) is 107. The topological polar surface area (TPSA) is 337 Å². The van der Waals surface area contributed by atoms with Gasteiger partial charge in [-0.3, -0.25) is 52.7 Å². The van der Waals surface area contributed by atoms with Gasteiger partial charge in [0.1, 0.15) is 56.9 Å². The third-order valence-corrected chi connectivity index (χ3v) is 17.3. The smallest absolute Gasteiger partial charge is 0.347 e. The van der Waals surface area contributed by atoms with Crippen molar-refractivity contribution in [2.45, 2.75) is 99.7 Å². The van der Waals surface area contributed by atoms with Crippen LogP contribution in [0.25, 0.3) is 0 Å². The van der Waals surface area contributed by atoms with E-state index in [0.717, 1.165) is 44.5 Å². The molecule has 1 unspecified atom stereocenters. The van der Waals surface area contributed by atoms with E-state index in [1.54, 1.807) is 20.8 Å². The zero-order valence-electron chi connectivity index (χ0n) is 68.9. The lowest BCUT2D eigenvalue weighted by Crippen LogP contribution is -2.42. The quantitative estimate of drug-likeness (QED) is 0.00691. The van der Waals surface area contributed by atoms with Crippen molar-refractivity contribution < 1.29 is 95.8 Å². The van der Waals surface area contributed by atoms with Crippen molar-refractivity contribution >= 4 is 158 Å². The summed E-state index contributed by atoms with van der Waals surface area (Å²) in [6, 6.07) is 84.7. The number of ether oxygens (including phenoxy) is 7. The van der Waals surface area contributed by atoms with Crippen molar-refractivity contribution in [3.8, 4) is 0 Å². The number of rotatable bonds is 31. The molecule has 4 N–H and O–H groups in total. The van der Waals surface area contributed by atoms with Crippen LogP contribution in [0.4, 0.5) is 0 Å². The zero-order chi connectivity index (χ0) is 90.4. The van der Waals surface area contributed by atoms with Crippen LogP contribution in [0.2, 0.25) is 0 Å². The molecule has 1 atom stereocenters. The molecule has 9 aromatic rings. The number of Topliss-reactive ketones (excluding diaryl/α,β-unsaturated/α-hetero) is 1. The lowest BCUT2D eigenvalue weighted by atomic mass is 9.88. The van der Waals surface area contributed by atoms with Gasteiger partial charge in [0, 0.05) is 70.0 Å². The second kappa shape index (κ2) is 64.3. The molecule has 30 heteroatoms. The predicted molar refractivity (Wildman–Crippen MR) is 498 cm³/mol. The number of ketones is 1. The van der Waals surface area contributed by atoms with Gasteiger partial charge in [0.05, 0.1) is 39.5 Å². The Morgan fingerprint density at radius 3 is 1.19 bits per heavy atom. The first-order chi connectivity index (χ1) is 59.5. The van der Waals surface area contributed by atoms with Crippen LogP contribution in [-0.2, 0) is 150 Å². The number of carbonyl (C=O) groups excluding carboxylic acids is 12. The Bertz CT molecular complexity index is 4650. The van der Waals surface area contributed by atoms with Crippen molar-refractivity contribution in [3.05, 3.63) is 334 Å². The SMILES string of the molecule is CC1(C(=O)OCc2ccccc2)C(=O)CN(Cc2ccccc2)C1=O.CCOC(=O)CBr.CCOC(=O)CN(Cc1ccccc1)C(=O)CC(=O)OCc1ccccc1.CCOC(=O)CNCc1ccccc1.CI.II.NCc1ccccc1.O=C(Cl)CC(=O)OCc1ccccc1.O=C(OCc1ccccc1)C1=C(O)CN(Cc2ccccc2)C1=O. The Kier molecular flexibility index (Phi) is 55.7. The molecule has 1 saturated heterocycles. The highest BCUT2D eigenvalue weighted by Crippen LogP contribution is 2.32. The standard InChI is InChI=1S/C21H23NO5.C20H19NO4.C19H17NO4.C11H15NO2.C10H9ClO3.C7H9N.C4H7BrO2.CH3I.I2/c1-2-26-21(25)15-22(14-17-9-5-3-6-10-17)19(23)13-20(24)27-16-18-11-7-4-8-12-18;1-20(19(24)25-14-16-10-6-3-7-11-16)17(22)13-21(18(20)23)12-15-8-4-2-5-9-15;21-16-12-20(11-14-7-3-1-4-8-14)18(22)17(16)19(23)24-13-15-9-5-2-6-10-15;1-2-14-11(13)9-12-8-10-6-4-3-5-7-10;11-9(12)6-10(13)14-7-8-4-2-1-3-5-8;8-6-7-4-2-1-3-5-7;1-2-7-4(6)3-5;2*1-2/h3-12H,2,13-16H2,1H3;2-11H,12-14H2,1H3;1-10,21H,11-13H2;3-7,12H,2,8-9H2,1H3;1-5H,6-7H2;1-5H,6,8H2;2-3H2,1H3;1H3;. The maximum absolute atomic E-state index is 12.7. The Morgan fingerprint density at radius 2 is 0.805 bits per heavy atom. The molecule has 0 aliphatic carbocycles. The summed E-state index contributed by atoms with van der Waals surface area (Å²) >= 11 is 14.3. The first-order valence-electron chi connectivity index (χ1n) is 38.5. The number of esters is 7.